The van der Waals surface area contributed by atoms with Gasteiger partial charge in [-0.2, -0.15) is 8.42 Å². The first-order valence-corrected chi connectivity index (χ1v) is 15.2. The van der Waals surface area contributed by atoms with E-state index in [4.69, 9.17) is 13.1 Å². The van der Waals surface area contributed by atoms with Crippen LogP contribution in [-0.4, -0.2) is 50.6 Å². The third-order valence-corrected chi connectivity index (χ3v) is 8.60. The monoisotopic (exact) mass is 563 g/mol. The number of ether oxygens (including phenoxy) is 1. The second-order valence-electron chi connectivity index (χ2n) is 11.6. The summed E-state index contributed by atoms with van der Waals surface area (Å²) in [4.78, 5) is 15.6. The van der Waals surface area contributed by atoms with Crippen LogP contribution in [0.25, 0.3) is 0 Å². The van der Waals surface area contributed by atoms with Gasteiger partial charge in [-0.25, -0.2) is 8.37 Å². The van der Waals surface area contributed by atoms with Gasteiger partial charge in [0, 0.05) is 31.6 Å². The van der Waals surface area contributed by atoms with Gasteiger partial charge < -0.3 is 9.64 Å². The molecule has 2 fully saturated rings. The Morgan fingerprint density at radius 1 is 0.900 bits per heavy atom. The van der Waals surface area contributed by atoms with Crippen molar-refractivity contribution in [3.05, 3.63) is 107 Å². The zero-order chi connectivity index (χ0) is 28.4. The summed E-state index contributed by atoms with van der Waals surface area (Å²) in [7, 11) is -4.16. The fourth-order valence-electron chi connectivity index (χ4n) is 5.32. The van der Waals surface area contributed by atoms with E-state index in [-0.39, 0.29) is 24.0 Å². The summed E-state index contributed by atoms with van der Waals surface area (Å²) in [6.07, 6.45) is 1.70. The predicted octanol–water partition coefficient (Wildman–Crippen LogP) is 5.82. The van der Waals surface area contributed by atoms with Crippen molar-refractivity contribution in [3.8, 4) is 0 Å². The van der Waals surface area contributed by atoms with Crippen LogP contribution in [0.5, 0.6) is 0 Å². The van der Waals surface area contributed by atoms with Crippen molar-refractivity contribution in [2.75, 3.05) is 19.6 Å². The van der Waals surface area contributed by atoms with Crippen LogP contribution in [0.4, 0.5) is 0 Å². The summed E-state index contributed by atoms with van der Waals surface area (Å²) < 4.78 is 40.6. The van der Waals surface area contributed by atoms with Gasteiger partial charge in [0.15, 0.2) is 0 Å². The molecule has 0 bridgehead atoms. The lowest BCUT2D eigenvalue weighted by atomic mass is 9.86. The van der Waals surface area contributed by atoms with Crippen LogP contribution in [0.1, 0.15) is 73.2 Å². The lowest BCUT2D eigenvalue weighted by molar-refractivity contribution is -0.157. The molecule has 7 nitrogen and oxygen atoms in total. The van der Waals surface area contributed by atoms with Crippen LogP contribution in [0, 0.1) is 0 Å². The highest BCUT2D eigenvalue weighted by Gasteiger charge is 2.58. The van der Waals surface area contributed by atoms with Crippen LogP contribution in [-0.2, 0) is 28.9 Å². The van der Waals surface area contributed by atoms with Crippen LogP contribution in [0.15, 0.2) is 84.9 Å². The topological polar surface area (TPSA) is 82.1 Å². The number of benzene rings is 3. The molecule has 0 atom stereocenters. The number of piperidine rings is 1. The maximum Gasteiger partial charge on any atom is 0.406 e. The van der Waals surface area contributed by atoms with Gasteiger partial charge in [0.1, 0.15) is 6.10 Å². The molecule has 0 aromatic heterocycles. The smallest absolute Gasteiger partial charge is 0.365 e. The predicted molar refractivity (Wildman–Crippen MR) is 153 cm³/mol. The summed E-state index contributed by atoms with van der Waals surface area (Å²) in [6, 6.07) is 27.7. The first-order chi connectivity index (χ1) is 19.0. The first kappa shape index (κ1) is 28.6. The molecule has 2 heterocycles. The summed E-state index contributed by atoms with van der Waals surface area (Å²) in [6.45, 7) is 8.26. The standard InChI is InChI=1S/C32H37NO6S/c1-31(2,3)27-16-14-26(15-17-27)30(34)32(38-40(35,36)39-32)20-23-33-21-18-28(19-22-33)37-29(24-10-6-4-7-11-24)25-12-8-5-9-13-25/h4-17,28-29H,18-23H2,1-3H3. The van der Waals surface area contributed by atoms with Crippen molar-refractivity contribution in [2.45, 2.75) is 63.4 Å². The normalized spacial score (nSPS) is 19.3. The molecule has 40 heavy (non-hydrogen) atoms. The molecule has 8 heteroatoms. The molecule has 0 unspecified atom stereocenters. The Hall–Kier alpha value is -2.88. The number of nitrogens with zero attached hydrogens (tertiary/aromatic N) is 1. The number of ketones is 1. The molecule has 3 aromatic carbocycles. The minimum atomic E-state index is -4.16. The van der Waals surface area contributed by atoms with Gasteiger partial charge in [0.2, 0.25) is 5.78 Å². The molecule has 0 aliphatic carbocycles. The number of hydrogen-bond donors (Lipinski definition) is 0. The number of rotatable bonds is 9. The Morgan fingerprint density at radius 2 is 1.43 bits per heavy atom. The lowest BCUT2D eigenvalue weighted by Gasteiger charge is -2.40. The van der Waals surface area contributed by atoms with Crippen LogP contribution in [0.3, 0.4) is 0 Å². The van der Waals surface area contributed by atoms with Crippen LogP contribution < -0.4 is 0 Å². The zero-order valence-electron chi connectivity index (χ0n) is 23.3. The quantitative estimate of drug-likeness (QED) is 0.304. The van der Waals surface area contributed by atoms with Crippen molar-refractivity contribution >= 4 is 16.2 Å². The Kier molecular flexibility index (Phi) is 8.27. The zero-order valence-corrected chi connectivity index (χ0v) is 24.1. The number of carbonyl (C=O) groups excluding carboxylic acids is 1. The second kappa shape index (κ2) is 11.5. The largest absolute Gasteiger partial charge is 0.406 e. The van der Waals surface area contributed by atoms with Crippen molar-refractivity contribution < 1.29 is 26.3 Å². The molecule has 0 radical (unpaired) electrons. The van der Waals surface area contributed by atoms with E-state index >= 15 is 0 Å². The SMILES string of the molecule is CC(C)(C)c1ccc(C(=O)C2(CCN3CCC(OC(c4ccccc4)c4ccccc4)CC3)OS(=O)(=O)O2)cc1. The van der Waals surface area contributed by atoms with E-state index in [1.807, 2.05) is 48.5 Å². The fourth-order valence-corrected chi connectivity index (χ4v) is 6.31. The molecular formula is C32H37NO6S. The summed E-state index contributed by atoms with van der Waals surface area (Å²) in [5.41, 5.74) is 3.61. The maximum absolute atomic E-state index is 13.4. The average Bonchev–Trinajstić information content (AvgIpc) is 2.94. The molecule has 0 saturated carbocycles. The maximum atomic E-state index is 13.4. The van der Waals surface area contributed by atoms with E-state index in [0.29, 0.717) is 12.1 Å². The molecule has 2 aliphatic heterocycles. The molecule has 0 spiro atoms. The number of hydrogen-bond acceptors (Lipinski definition) is 7. The molecule has 5 rings (SSSR count). The van der Waals surface area contributed by atoms with Gasteiger partial charge in [-0.3, -0.25) is 4.79 Å². The highest BCUT2D eigenvalue weighted by atomic mass is 32.3. The van der Waals surface area contributed by atoms with Gasteiger partial charge in [-0.1, -0.05) is 106 Å². The number of likely N-dealkylation sites (tertiary alicyclic amines) is 1. The molecule has 0 N–H and O–H groups in total. The Bertz CT molecular complexity index is 1340. The van der Waals surface area contributed by atoms with Gasteiger partial charge in [-0.15, -0.1) is 0 Å². The Labute approximate surface area is 237 Å². The summed E-state index contributed by atoms with van der Waals surface area (Å²) >= 11 is 0. The van der Waals surface area contributed by atoms with Gasteiger partial charge in [0.05, 0.1) is 6.10 Å². The third kappa shape index (κ3) is 6.53. The summed E-state index contributed by atoms with van der Waals surface area (Å²) in [5, 5.41) is 0. The van der Waals surface area contributed by atoms with Crippen molar-refractivity contribution in [3.63, 3.8) is 0 Å². The van der Waals surface area contributed by atoms with Crippen LogP contribution >= 0.6 is 0 Å². The van der Waals surface area contributed by atoms with E-state index < -0.39 is 22.0 Å². The third-order valence-electron chi connectivity index (χ3n) is 7.66. The van der Waals surface area contributed by atoms with E-state index in [0.717, 1.165) is 42.6 Å². The number of Topliss-reactive ketones (excluding diaryl/α,β-unsaturated/α-hetero) is 1. The Balaban J connectivity index is 1.20. The first-order valence-electron chi connectivity index (χ1n) is 13.8. The van der Waals surface area contributed by atoms with E-state index in [2.05, 4.69) is 49.9 Å². The second-order valence-corrected chi connectivity index (χ2v) is 12.8. The molecular weight excluding hydrogens is 526 g/mol. The van der Waals surface area contributed by atoms with Gasteiger partial charge in [0.25, 0.3) is 5.79 Å². The molecule has 3 aromatic rings. The Morgan fingerprint density at radius 3 is 1.90 bits per heavy atom. The van der Waals surface area contributed by atoms with E-state index in [1.165, 1.54) is 0 Å². The minimum Gasteiger partial charge on any atom is -0.365 e. The molecule has 0 amide bonds. The highest BCUT2D eigenvalue weighted by molar-refractivity contribution is 7.83. The molecule has 2 saturated heterocycles. The summed E-state index contributed by atoms with van der Waals surface area (Å²) in [5.74, 6) is -2.30. The fraction of sp³-hybridized carbons (Fsp3) is 0.406. The van der Waals surface area contributed by atoms with Gasteiger partial charge in [-0.05, 0) is 34.9 Å². The van der Waals surface area contributed by atoms with E-state index in [9.17, 15) is 13.2 Å². The molecule has 212 valence electrons. The highest BCUT2D eigenvalue weighted by Crippen LogP contribution is 2.38. The van der Waals surface area contributed by atoms with Crippen molar-refractivity contribution in [2.24, 2.45) is 0 Å². The van der Waals surface area contributed by atoms with Crippen molar-refractivity contribution in [1.29, 1.82) is 0 Å². The average molecular weight is 564 g/mol. The lowest BCUT2D eigenvalue weighted by Crippen LogP contribution is -2.57. The minimum absolute atomic E-state index is 0.0654. The molecule has 2 aliphatic rings. The van der Waals surface area contributed by atoms with Crippen molar-refractivity contribution in [1.82, 2.24) is 4.90 Å². The number of carbonyl (C=O) groups is 1. The van der Waals surface area contributed by atoms with Gasteiger partial charge >= 0.3 is 10.4 Å². The van der Waals surface area contributed by atoms with E-state index in [1.54, 1.807) is 12.1 Å². The van der Waals surface area contributed by atoms with Crippen LogP contribution in [0.2, 0.25) is 0 Å².